The van der Waals surface area contributed by atoms with Crippen molar-refractivity contribution in [2.75, 3.05) is 13.9 Å². The molecule has 1 atom stereocenters. The molecule has 3 aromatic rings. The molecule has 3 aliphatic heterocycles. The van der Waals surface area contributed by atoms with Crippen molar-refractivity contribution in [2.45, 2.75) is 12.3 Å². The first-order chi connectivity index (χ1) is 16.1. The van der Waals surface area contributed by atoms with Gasteiger partial charge >= 0.3 is 5.97 Å². The van der Waals surface area contributed by atoms with E-state index in [0.29, 0.717) is 39.9 Å². The Balaban J connectivity index is 1.48. The van der Waals surface area contributed by atoms with Crippen molar-refractivity contribution in [1.82, 2.24) is 0 Å². The molecular formula is C26H18O7. The van der Waals surface area contributed by atoms with Gasteiger partial charge in [0.15, 0.2) is 17.3 Å². The Hall–Kier alpha value is -4.26. The number of Topliss-reactive ketones (excluding diaryl/α,β-unsaturated/α-hetero) is 1. The lowest BCUT2D eigenvalue weighted by atomic mass is 9.84. The fourth-order valence-corrected chi connectivity index (χ4v) is 4.44. The summed E-state index contributed by atoms with van der Waals surface area (Å²) in [7, 11) is 1.55. The molecule has 3 aromatic carbocycles. The number of rotatable bonds is 3. The maximum absolute atomic E-state index is 13.1. The molecule has 0 spiro atoms. The van der Waals surface area contributed by atoms with Gasteiger partial charge in [-0.25, -0.2) is 0 Å². The fraction of sp³-hybridized carbons (Fsp3) is 0.154. The first-order valence-corrected chi connectivity index (χ1v) is 10.5. The molecule has 7 heteroatoms. The molecular weight excluding hydrogens is 424 g/mol. The predicted molar refractivity (Wildman–Crippen MR) is 117 cm³/mol. The van der Waals surface area contributed by atoms with Crippen LogP contribution in [0.1, 0.15) is 39.4 Å². The van der Waals surface area contributed by atoms with Gasteiger partial charge in [0.1, 0.15) is 11.5 Å². The molecule has 3 aliphatic rings. The lowest BCUT2D eigenvalue weighted by Crippen LogP contribution is -2.21. The summed E-state index contributed by atoms with van der Waals surface area (Å²) >= 11 is 0. The molecule has 0 amide bonds. The van der Waals surface area contributed by atoms with E-state index in [9.17, 15) is 9.59 Å². The van der Waals surface area contributed by atoms with Gasteiger partial charge in [0.25, 0.3) is 0 Å². The first-order valence-electron chi connectivity index (χ1n) is 10.5. The molecule has 6 rings (SSSR count). The lowest BCUT2D eigenvalue weighted by Gasteiger charge is -2.26. The third-order valence-corrected chi connectivity index (χ3v) is 5.96. The van der Waals surface area contributed by atoms with Crippen molar-refractivity contribution in [3.8, 4) is 28.7 Å². The molecule has 0 saturated carbocycles. The van der Waals surface area contributed by atoms with Gasteiger partial charge in [-0.05, 0) is 41.5 Å². The molecule has 33 heavy (non-hydrogen) atoms. The molecule has 0 bridgehead atoms. The summed E-state index contributed by atoms with van der Waals surface area (Å²) in [4.78, 5) is 25.5. The Morgan fingerprint density at radius 3 is 2.61 bits per heavy atom. The first kappa shape index (κ1) is 19.4. The Morgan fingerprint density at radius 2 is 1.79 bits per heavy atom. The van der Waals surface area contributed by atoms with Gasteiger partial charge in [-0.2, -0.15) is 0 Å². The second-order valence-corrected chi connectivity index (χ2v) is 7.89. The summed E-state index contributed by atoms with van der Waals surface area (Å²) in [6.45, 7) is 0.0963. The molecule has 7 nitrogen and oxygen atoms in total. The molecule has 1 unspecified atom stereocenters. The number of hydrogen-bond donors (Lipinski definition) is 0. The summed E-state index contributed by atoms with van der Waals surface area (Å²) < 4.78 is 28.1. The van der Waals surface area contributed by atoms with Crippen LogP contribution >= 0.6 is 0 Å². The number of esters is 1. The number of ether oxygens (including phenoxy) is 5. The van der Waals surface area contributed by atoms with Gasteiger partial charge in [-0.1, -0.05) is 30.3 Å². The van der Waals surface area contributed by atoms with Gasteiger partial charge in [0, 0.05) is 11.5 Å². The van der Waals surface area contributed by atoms with E-state index in [-0.39, 0.29) is 30.7 Å². The number of methoxy groups -OCH3 is 1. The molecule has 0 N–H and O–H groups in total. The van der Waals surface area contributed by atoms with E-state index >= 15 is 0 Å². The van der Waals surface area contributed by atoms with Gasteiger partial charge in [0.05, 0.1) is 19.1 Å². The largest absolute Gasteiger partial charge is 0.493 e. The highest BCUT2D eigenvalue weighted by molar-refractivity contribution is 6.15. The van der Waals surface area contributed by atoms with Crippen LogP contribution in [0.4, 0.5) is 0 Å². The van der Waals surface area contributed by atoms with E-state index in [4.69, 9.17) is 23.7 Å². The summed E-state index contributed by atoms with van der Waals surface area (Å²) in [5.41, 5.74) is 2.72. The highest BCUT2D eigenvalue weighted by Crippen LogP contribution is 2.51. The van der Waals surface area contributed by atoms with Crippen LogP contribution in [-0.4, -0.2) is 25.7 Å². The predicted octanol–water partition coefficient (Wildman–Crippen LogP) is 4.48. The van der Waals surface area contributed by atoms with Crippen LogP contribution < -0.4 is 23.7 Å². The maximum atomic E-state index is 13.1. The zero-order chi connectivity index (χ0) is 22.5. The van der Waals surface area contributed by atoms with Crippen LogP contribution in [0, 0.1) is 0 Å². The van der Waals surface area contributed by atoms with Crippen LogP contribution in [0.5, 0.6) is 28.7 Å². The van der Waals surface area contributed by atoms with E-state index in [1.807, 2.05) is 42.5 Å². The van der Waals surface area contributed by atoms with E-state index in [0.717, 1.165) is 11.1 Å². The van der Waals surface area contributed by atoms with Crippen molar-refractivity contribution >= 4 is 17.8 Å². The Labute approximate surface area is 189 Å². The normalized spacial score (nSPS) is 19.1. The second-order valence-electron chi connectivity index (χ2n) is 7.89. The van der Waals surface area contributed by atoms with Crippen molar-refractivity contribution in [3.63, 3.8) is 0 Å². The zero-order valence-corrected chi connectivity index (χ0v) is 17.6. The number of ketones is 1. The summed E-state index contributed by atoms with van der Waals surface area (Å²) in [5.74, 6) is 1.59. The van der Waals surface area contributed by atoms with Crippen LogP contribution in [0.25, 0.3) is 6.08 Å². The maximum Gasteiger partial charge on any atom is 0.312 e. The lowest BCUT2D eigenvalue weighted by molar-refractivity contribution is -0.135. The topological polar surface area (TPSA) is 80.3 Å². The zero-order valence-electron chi connectivity index (χ0n) is 17.6. The summed E-state index contributed by atoms with van der Waals surface area (Å²) in [5, 5.41) is 0. The Morgan fingerprint density at radius 1 is 0.939 bits per heavy atom. The second kappa shape index (κ2) is 7.41. The summed E-state index contributed by atoms with van der Waals surface area (Å²) in [6.07, 6.45) is 1.80. The highest BCUT2D eigenvalue weighted by atomic mass is 16.7. The smallest absolute Gasteiger partial charge is 0.312 e. The number of benzene rings is 3. The quantitative estimate of drug-likeness (QED) is 0.336. The minimum Gasteiger partial charge on any atom is -0.493 e. The molecule has 0 aliphatic carbocycles. The Kier molecular flexibility index (Phi) is 4.36. The third kappa shape index (κ3) is 3.12. The minimum atomic E-state index is -0.413. The van der Waals surface area contributed by atoms with Crippen LogP contribution in [0.2, 0.25) is 0 Å². The molecule has 0 fully saturated rings. The van der Waals surface area contributed by atoms with Crippen molar-refractivity contribution in [3.05, 3.63) is 82.6 Å². The molecule has 0 saturated heterocycles. The number of fused-ring (bicyclic) bond motifs is 4. The van der Waals surface area contributed by atoms with Gasteiger partial charge in [-0.3, -0.25) is 9.59 Å². The van der Waals surface area contributed by atoms with E-state index < -0.39 is 5.92 Å². The van der Waals surface area contributed by atoms with Crippen molar-refractivity contribution < 1.29 is 33.3 Å². The number of hydrogen-bond acceptors (Lipinski definition) is 7. The van der Waals surface area contributed by atoms with Gasteiger partial charge in [0.2, 0.25) is 18.3 Å². The average Bonchev–Trinajstić information content (AvgIpc) is 3.43. The molecule has 3 heterocycles. The van der Waals surface area contributed by atoms with Crippen molar-refractivity contribution in [1.29, 1.82) is 0 Å². The molecule has 0 radical (unpaired) electrons. The van der Waals surface area contributed by atoms with Crippen LogP contribution in [0.3, 0.4) is 0 Å². The summed E-state index contributed by atoms with van der Waals surface area (Å²) in [6, 6.07) is 16.4. The SMILES string of the molecule is COc1cc(C2CC(=O)Oc3ccc4c(c32)O/C(=C\c2ccccc2)C4=O)cc2c1OCO2. The van der Waals surface area contributed by atoms with E-state index in [1.54, 1.807) is 25.3 Å². The third-order valence-electron chi connectivity index (χ3n) is 5.96. The average molecular weight is 442 g/mol. The molecule has 164 valence electrons. The van der Waals surface area contributed by atoms with Crippen LogP contribution in [0.15, 0.2) is 60.4 Å². The number of carbonyl (C=O) groups is 2. The minimum absolute atomic E-state index is 0.0849. The van der Waals surface area contributed by atoms with E-state index in [1.165, 1.54) is 0 Å². The van der Waals surface area contributed by atoms with Gasteiger partial charge in [-0.15, -0.1) is 0 Å². The van der Waals surface area contributed by atoms with Crippen LogP contribution in [-0.2, 0) is 4.79 Å². The highest BCUT2D eigenvalue weighted by Gasteiger charge is 2.39. The van der Waals surface area contributed by atoms with Crippen molar-refractivity contribution in [2.24, 2.45) is 0 Å². The number of carbonyl (C=O) groups excluding carboxylic acids is 2. The molecule has 0 aromatic heterocycles. The van der Waals surface area contributed by atoms with E-state index in [2.05, 4.69) is 0 Å². The standard InChI is InChI=1S/C26H18O7/c1-29-20-10-15(11-21-26(20)31-13-30-21)17-12-22(27)32-18-8-7-16-24(28)19(33-25(16)23(17)18)9-14-5-3-2-4-6-14/h2-11,17H,12-13H2,1H3/b19-9-. The Bertz CT molecular complexity index is 1340. The fourth-order valence-electron chi connectivity index (χ4n) is 4.44. The monoisotopic (exact) mass is 442 g/mol. The van der Waals surface area contributed by atoms with Gasteiger partial charge < -0.3 is 23.7 Å². The number of allylic oxidation sites excluding steroid dienone is 1.